The Balaban J connectivity index is 2.17. The molecule has 3 rings (SSSR count). The highest BCUT2D eigenvalue weighted by molar-refractivity contribution is 5.83. The lowest BCUT2D eigenvalue weighted by Crippen LogP contribution is -2.55. The van der Waals surface area contributed by atoms with Gasteiger partial charge in [0, 0.05) is 18.6 Å². The van der Waals surface area contributed by atoms with Crippen molar-refractivity contribution in [3.8, 4) is 28.6 Å². The van der Waals surface area contributed by atoms with Crippen molar-refractivity contribution in [1.82, 2.24) is 0 Å². The second kappa shape index (κ2) is 9.15. The standard InChI is InChI=1S/C22H24O10/c1-22(29,21(28)18(27)15(25)10-23)32-20-17(26)14-8-7-13(30-2)9-16(14)31-19(20)11-3-5-12(24)6-4-11/h3-9,15,18,21,23-25,27-29H,10H2,1-2H3/t15-,18-,21+,22-/m1/s1. The van der Waals surface area contributed by atoms with Crippen LogP contribution in [0.2, 0.25) is 0 Å². The zero-order chi connectivity index (χ0) is 23.6. The molecule has 0 aliphatic carbocycles. The molecule has 0 aliphatic rings. The molecule has 32 heavy (non-hydrogen) atoms. The average Bonchev–Trinajstić information content (AvgIpc) is 2.79. The van der Waals surface area contributed by atoms with Crippen molar-refractivity contribution < 1.29 is 44.5 Å². The van der Waals surface area contributed by atoms with Gasteiger partial charge in [-0.1, -0.05) is 0 Å². The molecule has 1 aromatic heterocycles. The maximum atomic E-state index is 13.2. The van der Waals surface area contributed by atoms with Crippen molar-refractivity contribution >= 4 is 11.0 Å². The highest BCUT2D eigenvalue weighted by Crippen LogP contribution is 2.35. The normalized spacial score (nSPS) is 16.2. The van der Waals surface area contributed by atoms with Crippen molar-refractivity contribution in [2.45, 2.75) is 31.0 Å². The molecule has 0 unspecified atom stereocenters. The summed E-state index contributed by atoms with van der Waals surface area (Å²) in [6.07, 6.45) is -5.86. The number of aliphatic hydroxyl groups excluding tert-OH is 4. The third kappa shape index (κ3) is 4.54. The maximum Gasteiger partial charge on any atom is 0.235 e. The van der Waals surface area contributed by atoms with Gasteiger partial charge >= 0.3 is 0 Å². The molecule has 0 fully saturated rings. The van der Waals surface area contributed by atoms with Gasteiger partial charge in [0.05, 0.1) is 19.1 Å². The quantitative estimate of drug-likeness (QED) is 0.264. The van der Waals surface area contributed by atoms with Crippen LogP contribution in [-0.2, 0) is 0 Å². The van der Waals surface area contributed by atoms with E-state index in [2.05, 4.69) is 0 Å². The minimum absolute atomic E-state index is 0.0374. The number of phenols is 1. The number of benzene rings is 2. The summed E-state index contributed by atoms with van der Waals surface area (Å²) < 4.78 is 16.5. The van der Waals surface area contributed by atoms with Gasteiger partial charge in [-0.3, -0.25) is 4.79 Å². The van der Waals surface area contributed by atoms with E-state index in [1.165, 1.54) is 49.6 Å². The van der Waals surface area contributed by atoms with Crippen LogP contribution in [-0.4, -0.2) is 68.5 Å². The molecule has 10 nitrogen and oxygen atoms in total. The Kier molecular flexibility index (Phi) is 6.72. The molecule has 6 N–H and O–H groups in total. The van der Waals surface area contributed by atoms with Crippen molar-refractivity contribution in [3.05, 3.63) is 52.7 Å². The fourth-order valence-electron chi connectivity index (χ4n) is 3.08. The van der Waals surface area contributed by atoms with Gasteiger partial charge < -0.3 is 44.5 Å². The number of methoxy groups -OCH3 is 1. The van der Waals surface area contributed by atoms with Crippen molar-refractivity contribution in [2.75, 3.05) is 13.7 Å². The number of aliphatic hydroxyl groups is 5. The van der Waals surface area contributed by atoms with Crippen LogP contribution < -0.4 is 14.9 Å². The van der Waals surface area contributed by atoms with Crippen molar-refractivity contribution in [2.24, 2.45) is 0 Å². The molecule has 10 heteroatoms. The molecule has 0 spiro atoms. The third-order valence-electron chi connectivity index (χ3n) is 4.95. The van der Waals surface area contributed by atoms with Gasteiger partial charge in [0.2, 0.25) is 17.0 Å². The first-order valence-corrected chi connectivity index (χ1v) is 9.59. The largest absolute Gasteiger partial charge is 0.508 e. The van der Waals surface area contributed by atoms with E-state index in [9.17, 15) is 30.3 Å². The lowest BCUT2D eigenvalue weighted by atomic mass is 10.0. The zero-order valence-electron chi connectivity index (χ0n) is 17.3. The Hall–Kier alpha value is -3.15. The first kappa shape index (κ1) is 23.5. The second-order valence-corrected chi connectivity index (χ2v) is 7.34. The number of rotatable bonds is 8. The fourth-order valence-corrected chi connectivity index (χ4v) is 3.08. The van der Waals surface area contributed by atoms with Crippen LogP contribution in [0.5, 0.6) is 17.2 Å². The van der Waals surface area contributed by atoms with Crippen LogP contribution in [0.4, 0.5) is 0 Å². The SMILES string of the molecule is COc1ccc2c(=O)c(O[C@@](C)(O)[C@@H](O)[C@H](O)[C@H](O)CO)c(-c3ccc(O)cc3)oc2c1. The summed E-state index contributed by atoms with van der Waals surface area (Å²) in [6, 6.07) is 10.0. The molecule has 2 aromatic carbocycles. The number of hydrogen-bond acceptors (Lipinski definition) is 10. The molecule has 0 radical (unpaired) electrons. The van der Waals surface area contributed by atoms with Crippen molar-refractivity contribution in [3.63, 3.8) is 0 Å². The Morgan fingerprint density at radius 2 is 1.75 bits per heavy atom. The van der Waals surface area contributed by atoms with Gasteiger partial charge in [0.25, 0.3) is 0 Å². The molecule has 0 saturated carbocycles. The maximum absolute atomic E-state index is 13.2. The number of phenolic OH excluding ortho intramolecular Hbond substituents is 1. The van der Waals surface area contributed by atoms with Crippen LogP contribution >= 0.6 is 0 Å². The van der Waals surface area contributed by atoms with Gasteiger partial charge in [-0.25, -0.2) is 0 Å². The van der Waals surface area contributed by atoms with Gasteiger partial charge in [-0.15, -0.1) is 0 Å². The summed E-state index contributed by atoms with van der Waals surface area (Å²) in [5.74, 6) is -2.79. The first-order chi connectivity index (χ1) is 15.1. The molecule has 172 valence electrons. The predicted octanol–water partition coefficient (Wildman–Crippen LogP) is 0.336. The van der Waals surface area contributed by atoms with E-state index in [0.29, 0.717) is 11.3 Å². The number of ether oxygens (including phenoxy) is 2. The predicted molar refractivity (Wildman–Crippen MR) is 112 cm³/mol. The van der Waals surface area contributed by atoms with E-state index >= 15 is 0 Å². The van der Waals surface area contributed by atoms with Gasteiger partial charge in [-0.05, 0) is 36.4 Å². The van der Waals surface area contributed by atoms with Crippen LogP contribution in [0.15, 0.2) is 51.7 Å². The van der Waals surface area contributed by atoms with E-state index in [4.69, 9.17) is 19.0 Å². The summed E-state index contributed by atoms with van der Waals surface area (Å²) in [4.78, 5) is 13.2. The van der Waals surface area contributed by atoms with E-state index in [1.54, 1.807) is 0 Å². The summed E-state index contributed by atoms with van der Waals surface area (Å²) in [5.41, 5.74) is -0.233. The highest BCUT2D eigenvalue weighted by atomic mass is 16.6. The molecular weight excluding hydrogens is 424 g/mol. The molecule has 0 aliphatic heterocycles. The lowest BCUT2D eigenvalue weighted by Gasteiger charge is -2.33. The van der Waals surface area contributed by atoms with Crippen LogP contribution in [0.1, 0.15) is 6.92 Å². The Labute approximate surface area is 182 Å². The smallest absolute Gasteiger partial charge is 0.235 e. The highest BCUT2D eigenvalue weighted by Gasteiger charge is 2.42. The third-order valence-corrected chi connectivity index (χ3v) is 4.95. The van der Waals surface area contributed by atoms with Crippen LogP contribution in [0.25, 0.3) is 22.3 Å². The number of fused-ring (bicyclic) bond motifs is 1. The molecule has 4 atom stereocenters. The van der Waals surface area contributed by atoms with E-state index in [-0.39, 0.29) is 22.5 Å². The van der Waals surface area contributed by atoms with Gasteiger partial charge in [-0.2, -0.15) is 0 Å². The summed E-state index contributed by atoms with van der Waals surface area (Å²) >= 11 is 0. The van der Waals surface area contributed by atoms with Gasteiger partial charge in [0.15, 0.2) is 5.76 Å². The number of hydrogen-bond donors (Lipinski definition) is 6. The average molecular weight is 448 g/mol. The summed E-state index contributed by atoms with van der Waals surface area (Å²) in [6.45, 7) is 0.0935. The summed E-state index contributed by atoms with van der Waals surface area (Å²) in [5, 5.41) is 59.2. The zero-order valence-corrected chi connectivity index (χ0v) is 17.3. The molecule has 3 aromatic rings. The monoisotopic (exact) mass is 448 g/mol. The minimum Gasteiger partial charge on any atom is -0.508 e. The topological polar surface area (TPSA) is 170 Å². The number of aromatic hydroxyl groups is 1. The fraction of sp³-hybridized carbons (Fsp3) is 0.318. The Bertz CT molecular complexity index is 1140. The van der Waals surface area contributed by atoms with Gasteiger partial charge in [0.1, 0.15) is 35.4 Å². The first-order valence-electron chi connectivity index (χ1n) is 9.59. The molecule has 0 saturated heterocycles. The van der Waals surface area contributed by atoms with E-state index in [0.717, 1.165) is 6.92 Å². The van der Waals surface area contributed by atoms with E-state index < -0.39 is 41.9 Å². The van der Waals surface area contributed by atoms with Crippen molar-refractivity contribution in [1.29, 1.82) is 0 Å². The molecule has 1 heterocycles. The minimum atomic E-state index is -2.57. The lowest BCUT2D eigenvalue weighted by molar-refractivity contribution is -0.232. The Morgan fingerprint density at radius 3 is 2.34 bits per heavy atom. The van der Waals surface area contributed by atoms with Crippen LogP contribution in [0.3, 0.4) is 0 Å². The summed E-state index contributed by atoms with van der Waals surface area (Å²) in [7, 11) is 1.45. The molecule has 0 bridgehead atoms. The molecule has 0 amide bonds. The second-order valence-electron chi connectivity index (χ2n) is 7.34. The van der Waals surface area contributed by atoms with Crippen LogP contribution in [0, 0.1) is 0 Å². The van der Waals surface area contributed by atoms with E-state index in [1.807, 2.05) is 0 Å². The Morgan fingerprint density at radius 1 is 1.09 bits per heavy atom. The molecular formula is C22H24O10.